The average Bonchev–Trinajstić information content (AvgIpc) is 2.88. The molecule has 0 fully saturated rings. The molecule has 1 aromatic carbocycles. The number of aromatic amines is 1. The lowest BCUT2D eigenvalue weighted by Gasteiger charge is -2.17. The molecule has 0 aliphatic rings. The fourth-order valence-corrected chi connectivity index (χ4v) is 2.17. The van der Waals surface area contributed by atoms with Crippen LogP contribution in [0.15, 0.2) is 36.5 Å². The zero-order chi connectivity index (χ0) is 14.2. The van der Waals surface area contributed by atoms with Crippen LogP contribution in [0, 0.1) is 6.92 Å². The summed E-state index contributed by atoms with van der Waals surface area (Å²) in [7, 11) is 0. The molecular formula is C16H22N2O2. The minimum Gasteiger partial charge on any atom is -0.396 e. The molecule has 20 heavy (non-hydrogen) atoms. The van der Waals surface area contributed by atoms with Gasteiger partial charge in [-0.1, -0.05) is 30.3 Å². The molecule has 0 radical (unpaired) electrons. The summed E-state index contributed by atoms with van der Waals surface area (Å²) in [5.41, 5.74) is 3.49. The number of rotatable bonds is 8. The molecule has 0 spiro atoms. The number of nitrogens with one attached hydrogen (secondary N) is 1. The van der Waals surface area contributed by atoms with Crippen LogP contribution in [0.1, 0.15) is 29.7 Å². The third kappa shape index (κ3) is 4.47. The number of aryl methyl sites for hydroxylation is 2. The average molecular weight is 274 g/mol. The molecule has 0 aliphatic heterocycles. The van der Waals surface area contributed by atoms with Gasteiger partial charge in [-0.25, -0.2) is 0 Å². The van der Waals surface area contributed by atoms with Crippen LogP contribution in [0.4, 0.5) is 0 Å². The quantitative estimate of drug-likeness (QED) is 0.778. The highest BCUT2D eigenvalue weighted by Crippen LogP contribution is 2.13. The molecule has 4 nitrogen and oxygen atoms in total. The monoisotopic (exact) mass is 274 g/mol. The Morgan fingerprint density at radius 1 is 1.25 bits per heavy atom. The van der Waals surface area contributed by atoms with Gasteiger partial charge in [0.1, 0.15) is 0 Å². The number of H-pyrrole nitrogens is 1. The first-order valence-electron chi connectivity index (χ1n) is 7.05. The summed E-state index contributed by atoms with van der Waals surface area (Å²) in [5, 5.41) is 16.2. The number of nitrogens with zero attached hydrogens (tertiary/aromatic N) is 1. The van der Waals surface area contributed by atoms with Crippen molar-refractivity contribution in [2.75, 3.05) is 6.61 Å². The second kappa shape index (κ2) is 7.82. The molecule has 4 heteroatoms. The normalized spacial score (nSPS) is 12.5. The Hall–Kier alpha value is -1.65. The number of benzene rings is 1. The highest BCUT2D eigenvalue weighted by molar-refractivity contribution is 5.14. The highest BCUT2D eigenvalue weighted by atomic mass is 16.5. The Morgan fingerprint density at radius 3 is 2.70 bits per heavy atom. The standard InChI is InChI=1S/C16H22N2O2/c1-13-11-17-18-16(13)8-7-15(9-10-19)20-12-14-5-3-2-4-6-14/h2-6,11,15,19H,7-10,12H2,1H3,(H,17,18). The van der Waals surface area contributed by atoms with E-state index in [0.29, 0.717) is 13.0 Å². The lowest BCUT2D eigenvalue weighted by Crippen LogP contribution is -2.16. The van der Waals surface area contributed by atoms with Gasteiger partial charge in [0, 0.05) is 12.3 Å². The van der Waals surface area contributed by atoms with Crippen LogP contribution >= 0.6 is 0 Å². The number of aliphatic hydroxyl groups is 1. The molecule has 108 valence electrons. The summed E-state index contributed by atoms with van der Waals surface area (Å²) >= 11 is 0. The molecule has 0 bridgehead atoms. The predicted octanol–water partition coefficient (Wildman–Crippen LogP) is 2.62. The lowest BCUT2D eigenvalue weighted by molar-refractivity contribution is 0.0190. The van der Waals surface area contributed by atoms with E-state index in [1.54, 1.807) is 0 Å². The molecule has 0 saturated carbocycles. The van der Waals surface area contributed by atoms with Gasteiger partial charge in [-0.3, -0.25) is 5.10 Å². The Bertz CT molecular complexity index is 496. The van der Waals surface area contributed by atoms with Crippen LogP contribution in [0.5, 0.6) is 0 Å². The summed E-state index contributed by atoms with van der Waals surface area (Å²) in [6, 6.07) is 10.1. The Morgan fingerprint density at radius 2 is 2.05 bits per heavy atom. The number of hydrogen-bond donors (Lipinski definition) is 2. The van der Waals surface area contributed by atoms with Crippen LogP contribution in [-0.2, 0) is 17.8 Å². The van der Waals surface area contributed by atoms with Gasteiger partial charge in [0.05, 0.1) is 18.9 Å². The summed E-state index contributed by atoms with van der Waals surface area (Å²) in [5.74, 6) is 0. The van der Waals surface area contributed by atoms with Crippen LogP contribution in [0.25, 0.3) is 0 Å². The summed E-state index contributed by atoms with van der Waals surface area (Å²) in [6.45, 7) is 2.79. The second-order valence-electron chi connectivity index (χ2n) is 5.00. The topological polar surface area (TPSA) is 58.1 Å². The minimum absolute atomic E-state index is 0.0721. The van der Waals surface area contributed by atoms with E-state index in [9.17, 15) is 0 Å². The highest BCUT2D eigenvalue weighted by Gasteiger charge is 2.11. The minimum atomic E-state index is 0.0721. The van der Waals surface area contributed by atoms with Gasteiger partial charge in [0.2, 0.25) is 0 Å². The predicted molar refractivity (Wildman–Crippen MR) is 78.4 cm³/mol. The van der Waals surface area contributed by atoms with E-state index in [1.165, 1.54) is 5.56 Å². The van der Waals surface area contributed by atoms with E-state index in [2.05, 4.69) is 22.3 Å². The molecule has 1 heterocycles. The molecule has 1 unspecified atom stereocenters. The van der Waals surface area contributed by atoms with E-state index >= 15 is 0 Å². The van der Waals surface area contributed by atoms with Crippen molar-refractivity contribution in [2.45, 2.75) is 38.9 Å². The molecule has 2 rings (SSSR count). The summed E-state index contributed by atoms with van der Waals surface area (Å²) in [4.78, 5) is 0. The van der Waals surface area contributed by atoms with Gasteiger partial charge in [0.15, 0.2) is 0 Å². The van der Waals surface area contributed by atoms with Crippen molar-refractivity contribution >= 4 is 0 Å². The van der Waals surface area contributed by atoms with E-state index < -0.39 is 0 Å². The maximum absolute atomic E-state index is 9.15. The smallest absolute Gasteiger partial charge is 0.0720 e. The van der Waals surface area contributed by atoms with Crippen LogP contribution in [0.3, 0.4) is 0 Å². The van der Waals surface area contributed by atoms with E-state index in [1.807, 2.05) is 31.3 Å². The van der Waals surface area contributed by atoms with Crippen LogP contribution in [0.2, 0.25) is 0 Å². The second-order valence-corrected chi connectivity index (χ2v) is 5.00. The van der Waals surface area contributed by atoms with Gasteiger partial charge in [-0.15, -0.1) is 0 Å². The summed E-state index contributed by atoms with van der Waals surface area (Å²) < 4.78 is 5.91. The molecule has 1 atom stereocenters. The maximum Gasteiger partial charge on any atom is 0.0720 e. The first-order chi connectivity index (χ1) is 9.79. The lowest BCUT2D eigenvalue weighted by atomic mass is 10.1. The van der Waals surface area contributed by atoms with Gasteiger partial charge in [-0.2, -0.15) is 5.10 Å². The fraction of sp³-hybridized carbons (Fsp3) is 0.438. The van der Waals surface area contributed by atoms with Crippen molar-refractivity contribution in [1.82, 2.24) is 10.2 Å². The number of ether oxygens (including phenoxy) is 1. The van der Waals surface area contributed by atoms with Crippen molar-refractivity contribution in [3.63, 3.8) is 0 Å². The van der Waals surface area contributed by atoms with Gasteiger partial charge >= 0.3 is 0 Å². The van der Waals surface area contributed by atoms with Crippen LogP contribution in [-0.4, -0.2) is 28.0 Å². The molecule has 0 saturated heterocycles. The molecule has 1 aromatic heterocycles. The number of hydrogen-bond acceptors (Lipinski definition) is 3. The number of aliphatic hydroxyl groups excluding tert-OH is 1. The zero-order valence-electron chi connectivity index (χ0n) is 11.9. The SMILES string of the molecule is Cc1cn[nH]c1CCC(CCO)OCc1ccccc1. The zero-order valence-corrected chi connectivity index (χ0v) is 11.9. The van der Waals surface area contributed by atoms with Gasteiger partial charge < -0.3 is 9.84 Å². The third-order valence-corrected chi connectivity index (χ3v) is 3.43. The van der Waals surface area contributed by atoms with Crippen molar-refractivity contribution in [1.29, 1.82) is 0 Å². The molecule has 2 N–H and O–H groups in total. The molecule has 0 amide bonds. The van der Waals surface area contributed by atoms with E-state index in [0.717, 1.165) is 24.1 Å². The first kappa shape index (κ1) is 14.8. The number of aromatic nitrogens is 2. The maximum atomic E-state index is 9.15. The van der Waals surface area contributed by atoms with Gasteiger partial charge in [-0.05, 0) is 37.3 Å². The first-order valence-corrected chi connectivity index (χ1v) is 7.05. The third-order valence-electron chi connectivity index (χ3n) is 3.43. The fourth-order valence-electron chi connectivity index (χ4n) is 2.17. The summed E-state index contributed by atoms with van der Waals surface area (Å²) in [6.07, 6.45) is 4.35. The molecule has 2 aromatic rings. The largest absolute Gasteiger partial charge is 0.396 e. The molecule has 0 aliphatic carbocycles. The van der Waals surface area contributed by atoms with Crippen molar-refractivity contribution in [2.24, 2.45) is 0 Å². The Kier molecular flexibility index (Phi) is 5.77. The van der Waals surface area contributed by atoms with Crippen molar-refractivity contribution < 1.29 is 9.84 Å². The van der Waals surface area contributed by atoms with E-state index in [4.69, 9.17) is 9.84 Å². The van der Waals surface area contributed by atoms with E-state index in [-0.39, 0.29) is 12.7 Å². The van der Waals surface area contributed by atoms with Crippen molar-refractivity contribution in [3.05, 3.63) is 53.3 Å². The van der Waals surface area contributed by atoms with Crippen LogP contribution < -0.4 is 0 Å². The Labute approximate surface area is 119 Å². The molecular weight excluding hydrogens is 252 g/mol. The van der Waals surface area contributed by atoms with Crippen molar-refractivity contribution in [3.8, 4) is 0 Å². The van der Waals surface area contributed by atoms with Gasteiger partial charge in [0.25, 0.3) is 0 Å². The Balaban J connectivity index is 1.82.